The molecule has 0 amide bonds. The molecule has 0 aromatic heterocycles. The molecule has 0 N–H and O–H groups in total. The van der Waals surface area contributed by atoms with E-state index in [-0.39, 0.29) is 11.7 Å². The number of halogens is 1. The maximum Gasteiger partial charge on any atom is 0.126 e. The van der Waals surface area contributed by atoms with Crippen LogP contribution in [0, 0.1) is 12.7 Å². The van der Waals surface area contributed by atoms with Gasteiger partial charge < -0.3 is 0 Å². The maximum absolute atomic E-state index is 13.0. The first-order valence-electron chi connectivity index (χ1n) is 3.87. The summed E-state index contributed by atoms with van der Waals surface area (Å²) in [6.07, 6.45) is 0. The summed E-state index contributed by atoms with van der Waals surface area (Å²) in [5.41, 5.74) is 1.93. The van der Waals surface area contributed by atoms with Crippen LogP contribution in [0.3, 0.4) is 0 Å². The Hall–Kier alpha value is -0.850. The maximum atomic E-state index is 13.0. The van der Waals surface area contributed by atoms with Gasteiger partial charge in [0.15, 0.2) is 0 Å². The second kappa shape index (κ2) is 3.04. The lowest BCUT2D eigenvalue weighted by molar-refractivity contribution is 0.597. The second-order valence-electron chi connectivity index (χ2n) is 3.18. The third-order valence-corrected chi connectivity index (χ3v) is 1.77. The summed E-state index contributed by atoms with van der Waals surface area (Å²) in [6.45, 7) is 5.97. The van der Waals surface area contributed by atoms with Crippen molar-refractivity contribution in [3.8, 4) is 0 Å². The molecular formula is C10H13F. The smallest absolute Gasteiger partial charge is 0.126 e. The van der Waals surface area contributed by atoms with Crippen molar-refractivity contribution in [2.45, 2.75) is 26.7 Å². The van der Waals surface area contributed by atoms with Crippen LogP contribution < -0.4 is 0 Å². The van der Waals surface area contributed by atoms with E-state index in [9.17, 15) is 4.39 Å². The molecule has 1 aromatic carbocycles. The Bertz CT molecular complexity index is 251. The largest absolute Gasteiger partial charge is 0.207 e. The van der Waals surface area contributed by atoms with Crippen LogP contribution in [0.4, 0.5) is 4.39 Å². The van der Waals surface area contributed by atoms with Crippen LogP contribution >= 0.6 is 0 Å². The molecule has 1 aromatic rings. The van der Waals surface area contributed by atoms with E-state index in [4.69, 9.17) is 0 Å². The van der Waals surface area contributed by atoms with Crippen molar-refractivity contribution in [2.24, 2.45) is 0 Å². The van der Waals surface area contributed by atoms with E-state index < -0.39 is 0 Å². The first-order chi connectivity index (χ1) is 5.11. The third-order valence-electron chi connectivity index (χ3n) is 1.77. The molecule has 0 heterocycles. The Kier molecular flexibility index (Phi) is 2.28. The van der Waals surface area contributed by atoms with Crippen LogP contribution in [0.5, 0.6) is 0 Å². The van der Waals surface area contributed by atoms with E-state index in [0.717, 1.165) is 11.1 Å². The highest BCUT2D eigenvalue weighted by atomic mass is 19.1. The van der Waals surface area contributed by atoms with Gasteiger partial charge >= 0.3 is 0 Å². The van der Waals surface area contributed by atoms with Gasteiger partial charge in [-0.1, -0.05) is 31.5 Å². The molecule has 0 spiro atoms. The van der Waals surface area contributed by atoms with Crippen molar-refractivity contribution in [3.63, 3.8) is 0 Å². The molecule has 0 aliphatic carbocycles. The Morgan fingerprint density at radius 3 is 2.36 bits per heavy atom. The molecule has 0 bridgehead atoms. The molecule has 0 atom stereocenters. The predicted octanol–water partition coefficient (Wildman–Crippen LogP) is 3.26. The van der Waals surface area contributed by atoms with Gasteiger partial charge in [0.2, 0.25) is 0 Å². The lowest BCUT2D eigenvalue weighted by atomic mass is 10.0. The van der Waals surface area contributed by atoms with Gasteiger partial charge in [0, 0.05) is 0 Å². The number of hydrogen-bond donors (Lipinski definition) is 0. The first kappa shape index (κ1) is 8.25. The summed E-state index contributed by atoms with van der Waals surface area (Å²) < 4.78 is 13.0. The fourth-order valence-corrected chi connectivity index (χ4v) is 1.11. The second-order valence-corrected chi connectivity index (χ2v) is 3.18. The van der Waals surface area contributed by atoms with Gasteiger partial charge in [-0.3, -0.25) is 0 Å². The summed E-state index contributed by atoms with van der Waals surface area (Å²) in [4.78, 5) is 0. The lowest BCUT2D eigenvalue weighted by Crippen LogP contribution is -1.92. The fourth-order valence-electron chi connectivity index (χ4n) is 1.11. The number of hydrogen-bond acceptors (Lipinski definition) is 0. The Labute approximate surface area is 67.1 Å². The molecule has 60 valence electrons. The van der Waals surface area contributed by atoms with Crippen LogP contribution in [0.25, 0.3) is 0 Å². The van der Waals surface area contributed by atoms with Gasteiger partial charge in [-0.05, 0) is 24.5 Å². The zero-order valence-corrected chi connectivity index (χ0v) is 7.19. The molecule has 0 radical (unpaired) electrons. The molecule has 0 unspecified atom stereocenters. The molecule has 0 aliphatic rings. The summed E-state index contributed by atoms with van der Waals surface area (Å²) in [7, 11) is 0. The highest BCUT2D eigenvalue weighted by Gasteiger charge is 2.04. The molecular weight excluding hydrogens is 139 g/mol. The lowest BCUT2D eigenvalue weighted by Gasteiger charge is -2.06. The summed E-state index contributed by atoms with van der Waals surface area (Å²) in [5, 5.41) is 0. The topological polar surface area (TPSA) is 0 Å². The Morgan fingerprint density at radius 2 is 1.91 bits per heavy atom. The number of aryl methyl sites for hydroxylation is 1. The van der Waals surface area contributed by atoms with Crippen molar-refractivity contribution < 1.29 is 4.39 Å². The van der Waals surface area contributed by atoms with Crippen molar-refractivity contribution in [3.05, 3.63) is 35.1 Å². The summed E-state index contributed by atoms with van der Waals surface area (Å²) in [6, 6.07) is 5.23. The average Bonchev–Trinajstić information content (AvgIpc) is 1.94. The zero-order valence-electron chi connectivity index (χ0n) is 7.19. The van der Waals surface area contributed by atoms with Crippen LogP contribution in [0.15, 0.2) is 18.2 Å². The van der Waals surface area contributed by atoms with Crippen LogP contribution in [0.2, 0.25) is 0 Å². The average molecular weight is 152 g/mol. The quantitative estimate of drug-likeness (QED) is 0.579. The van der Waals surface area contributed by atoms with Gasteiger partial charge in [0.05, 0.1) is 0 Å². The molecule has 1 heteroatoms. The molecule has 0 saturated carbocycles. The van der Waals surface area contributed by atoms with E-state index >= 15 is 0 Å². The van der Waals surface area contributed by atoms with Gasteiger partial charge in [-0.25, -0.2) is 4.39 Å². The van der Waals surface area contributed by atoms with Gasteiger partial charge in [-0.15, -0.1) is 0 Å². The zero-order chi connectivity index (χ0) is 8.43. The van der Waals surface area contributed by atoms with E-state index in [1.54, 1.807) is 6.07 Å². The van der Waals surface area contributed by atoms with E-state index in [1.807, 2.05) is 26.8 Å². The van der Waals surface area contributed by atoms with Crippen LogP contribution in [-0.4, -0.2) is 0 Å². The van der Waals surface area contributed by atoms with Crippen molar-refractivity contribution in [1.82, 2.24) is 0 Å². The van der Waals surface area contributed by atoms with Crippen LogP contribution in [-0.2, 0) is 0 Å². The highest BCUT2D eigenvalue weighted by Crippen LogP contribution is 2.18. The highest BCUT2D eigenvalue weighted by molar-refractivity contribution is 5.26. The predicted molar refractivity (Wildman–Crippen MR) is 45.2 cm³/mol. The van der Waals surface area contributed by atoms with E-state index in [0.29, 0.717) is 0 Å². The molecule has 0 fully saturated rings. The molecule has 0 aliphatic heterocycles. The van der Waals surface area contributed by atoms with E-state index in [1.165, 1.54) is 6.07 Å². The van der Waals surface area contributed by atoms with Gasteiger partial charge in [0.25, 0.3) is 0 Å². The van der Waals surface area contributed by atoms with Crippen molar-refractivity contribution in [1.29, 1.82) is 0 Å². The third kappa shape index (κ3) is 1.79. The summed E-state index contributed by atoms with van der Waals surface area (Å²) >= 11 is 0. The Morgan fingerprint density at radius 1 is 1.27 bits per heavy atom. The van der Waals surface area contributed by atoms with Crippen molar-refractivity contribution in [2.75, 3.05) is 0 Å². The monoisotopic (exact) mass is 152 g/mol. The van der Waals surface area contributed by atoms with Crippen molar-refractivity contribution >= 4 is 0 Å². The molecule has 11 heavy (non-hydrogen) atoms. The summed E-state index contributed by atoms with van der Waals surface area (Å²) in [5.74, 6) is 0.181. The minimum atomic E-state index is -0.0920. The SMILES string of the molecule is Cc1ccc(F)c(C(C)C)c1. The number of benzene rings is 1. The normalized spacial score (nSPS) is 10.6. The first-order valence-corrected chi connectivity index (χ1v) is 3.87. The van der Waals surface area contributed by atoms with Gasteiger partial charge in [-0.2, -0.15) is 0 Å². The number of rotatable bonds is 1. The van der Waals surface area contributed by atoms with Crippen LogP contribution in [0.1, 0.15) is 30.9 Å². The fraction of sp³-hybridized carbons (Fsp3) is 0.400. The molecule has 0 saturated heterocycles. The Balaban J connectivity index is 3.13. The molecule has 1 rings (SSSR count). The standard InChI is InChI=1S/C10H13F/c1-7(2)9-6-8(3)4-5-10(9)11/h4-7H,1-3H3. The minimum absolute atomic E-state index is 0.0920. The minimum Gasteiger partial charge on any atom is -0.207 e. The van der Waals surface area contributed by atoms with Gasteiger partial charge in [0.1, 0.15) is 5.82 Å². The van der Waals surface area contributed by atoms with E-state index in [2.05, 4.69) is 0 Å². The molecule has 0 nitrogen and oxygen atoms in total.